The smallest absolute Gasteiger partial charge is 0.109 e. The minimum Gasteiger partial charge on any atom is -0.386 e. The number of hydrogen-bond acceptors (Lipinski definition) is 3. The normalized spacial score (nSPS) is 45.4. The highest BCUT2D eigenvalue weighted by molar-refractivity contribution is 5.16. The predicted molar refractivity (Wildman–Crippen MR) is 69.9 cm³/mol. The maximum atomic E-state index is 11.2. The lowest BCUT2D eigenvalue weighted by molar-refractivity contribution is -0.182. The summed E-state index contributed by atoms with van der Waals surface area (Å²) in [5, 5.41) is 20.9. The molecule has 2 aliphatic carbocycles. The lowest BCUT2D eigenvalue weighted by atomic mass is 9.57. The van der Waals surface area contributed by atoms with Crippen LogP contribution in [0.3, 0.4) is 0 Å². The molecule has 4 unspecified atom stereocenters. The number of ether oxygens (including phenoxy) is 1. The molecule has 0 aromatic heterocycles. The summed E-state index contributed by atoms with van der Waals surface area (Å²) in [6.07, 6.45) is 7.40. The van der Waals surface area contributed by atoms with Crippen molar-refractivity contribution in [3.8, 4) is 6.07 Å². The molecule has 18 heavy (non-hydrogen) atoms. The average molecular weight is 251 g/mol. The van der Waals surface area contributed by atoms with Gasteiger partial charge in [-0.15, -0.1) is 0 Å². The van der Waals surface area contributed by atoms with Crippen LogP contribution in [0.2, 0.25) is 0 Å². The minimum absolute atomic E-state index is 0.170. The zero-order chi connectivity index (χ0) is 13.2. The van der Waals surface area contributed by atoms with Gasteiger partial charge in [-0.2, -0.15) is 5.26 Å². The molecular weight excluding hydrogens is 226 g/mol. The van der Waals surface area contributed by atoms with E-state index < -0.39 is 11.0 Å². The molecule has 3 heteroatoms. The van der Waals surface area contributed by atoms with Gasteiger partial charge in [0.05, 0.1) is 17.6 Å². The van der Waals surface area contributed by atoms with Crippen molar-refractivity contribution in [3.63, 3.8) is 0 Å². The first kappa shape index (κ1) is 13.8. The van der Waals surface area contributed by atoms with E-state index in [-0.39, 0.29) is 6.10 Å². The third-order valence-corrected chi connectivity index (χ3v) is 5.13. The van der Waals surface area contributed by atoms with Crippen molar-refractivity contribution in [1.29, 1.82) is 5.26 Å². The molecule has 0 radical (unpaired) electrons. The predicted octanol–water partition coefficient (Wildman–Crippen LogP) is 3.03. The Bertz CT molecular complexity index is 338. The number of aliphatic hydroxyl groups is 1. The molecule has 0 saturated heterocycles. The highest BCUT2D eigenvalue weighted by Gasteiger charge is 2.57. The Balaban J connectivity index is 2.32. The van der Waals surface area contributed by atoms with Gasteiger partial charge in [-0.3, -0.25) is 0 Å². The molecule has 0 aromatic rings. The van der Waals surface area contributed by atoms with E-state index in [0.717, 1.165) is 38.5 Å². The number of nitriles is 1. The third-order valence-electron chi connectivity index (χ3n) is 5.13. The Labute approximate surface area is 110 Å². The highest BCUT2D eigenvalue weighted by atomic mass is 16.5. The Kier molecular flexibility index (Phi) is 3.99. The molecule has 0 amide bonds. The van der Waals surface area contributed by atoms with E-state index >= 15 is 0 Å². The van der Waals surface area contributed by atoms with Crippen molar-refractivity contribution in [2.75, 3.05) is 7.11 Å². The third kappa shape index (κ3) is 2.06. The van der Waals surface area contributed by atoms with E-state index in [9.17, 15) is 10.4 Å². The second kappa shape index (κ2) is 5.19. The highest BCUT2D eigenvalue weighted by Crippen LogP contribution is 2.52. The zero-order valence-electron chi connectivity index (χ0n) is 11.6. The summed E-state index contributed by atoms with van der Waals surface area (Å²) < 4.78 is 5.52. The molecule has 1 N–H and O–H groups in total. The SMILES string of the molecule is COC1CCCCC1(O)C1(C#N)CCCC(C)C1. The van der Waals surface area contributed by atoms with Gasteiger partial charge in [-0.1, -0.05) is 32.6 Å². The van der Waals surface area contributed by atoms with Gasteiger partial charge in [-0.25, -0.2) is 0 Å². The van der Waals surface area contributed by atoms with Crippen molar-refractivity contribution in [1.82, 2.24) is 0 Å². The van der Waals surface area contributed by atoms with Crippen LogP contribution in [0, 0.1) is 22.7 Å². The topological polar surface area (TPSA) is 53.2 Å². The maximum absolute atomic E-state index is 11.2. The number of hydrogen-bond donors (Lipinski definition) is 1. The fourth-order valence-corrected chi connectivity index (χ4v) is 4.13. The average Bonchev–Trinajstić information content (AvgIpc) is 2.39. The molecule has 2 aliphatic rings. The summed E-state index contributed by atoms with van der Waals surface area (Å²) in [5.74, 6) is 0.529. The minimum atomic E-state index is -0.941. The van der Waals surface area contributed by atoms with Crippen LogP contribution in [-0.2, 0) is 4.74 Å². The van der Waals surface area contributed by atoms with Crippen LogP contribution in [0.5, 0.6) is 0 Å². The molecule has 0 bridgehead atoms. The maximum Gasteiger partial charge on any atom is 0.109 e. The standard InChI is InChI=1S/C15H25NO2/c1-12-6-5-8-14(10-12,11-16)15(17)9-4-3-7-13(15)18-2/h12-13,17H,3-10H2,1-2H3. The van der Waals surface area contributed by atoms with Crippen LogP contribution in [0.4, 0.5) is 0 Å². The van der Waals surface area contributed by atoms with E-state index in [2.05, 4.69) is 13.0 Å². The first-order chi connectivity index (χ1) is 8.58. The van der Waals surface area contributed by atoms with Crippen LogP contribution < -0.4 is 0 Å². The van der Waals surface area contributed by atoms with E-state index in [0.29, 0.717) is 12.3 Å². The molecule has 2 fully saturated rings. The zero-order valence-corrected chi connectivity index (χ0v) is 11.6. The summed E-state index contributed by atoms with van der Waals surface area (Å²) >= 11 is 0. The monoisotopic (exact) mass is 251 g/mol. The van der Waals surface area contributed by atoms with E-state index in [1.807, 2.05) is 0 Å². The van der Waals surface area contributed by atoms with E-state index in [4.69, 9.17) is 4.74 Å². The van der Waals surface area contributed by atoms with Gasteiger partial charge in [0, 0.05) is 7.11 Å². The fourth-order valence-electron chi connectivity index (χ4n) is 4.13. The first-order valence-electron chi connectivity index (χ1n) is 7.24. The fraction of sp³-hybridized carbons (Fsp3) is 0.933. The van der Waals surface area contributed by atoms with Crippen LogP contribution in [0.1, 0.15) is 58.3 Å². The molecule has 0 spiro atoms. The molecule has 102 valence electrons. The quantitative estimate of drug-likeness (QED) is 0.820. The second-order valence-corrected chi connectivity index (χ2v) is 6.29. The Morgan fingerprint density at radius 1 is 1.22 bits per heavy atom. The summed E-state index contributed by atoms with van der Waals surface area (Å²) in [6, 6.07) is 2.49. The van der Waals surface area contributed by atoms with Gasteiger partial charge in [0.2, 0.25) is 0 Å². The van der Waals surface area contributed by atoms with Crippen LogP contribution >= 0.6 is 0 Å². The molecule has 0 aromatic carbocycles. The largest absolute Gasteiger partial charge is 0.386 e. The number of methoxy groups -OCH3 is 1. The number of rotatable bonds is 2. The van der Waals surface area contributed by atoms with Gasteiger partial charge in [0.25, 0.3) is 0 Å². The first-order valence-corrected chi connectivity index (χ1v) is 7.24. The van der Waals surface area contributed by atoms with Crippen molar-refractivity contribution >= 4 is 0 Å². The van der Waals surface area contributed by atoms with E-state index in [1.54, 1.807) is 7.11 Å². The molecule has 2 saturated carbocycles. The summed E-state index contributed by atoms with van der Waals surface area (Å²) in [6.45, 7) is 2.19. The van der Waals surface area contributed by atoms with Gasteiger partial charge in [-0.05, 0) is 31.6 Å². The lowest BCUT2D eigenvalue weighted by Gasteiger charge is -2.51. The van der Waals surface area contributed by atoms with Gasteiger partial charge < -0.3 is 9.84 Å². The van der Waals surface area contributed by atoms with Gasteiger partial charge >= 0.3 is 0 Å². The Morgan fingerprint density at radius 3 is 2.61 bits per heavy atom. The molecule has 0 heterocycles. The van der Waals surface area contributed by atoms with E-state index in [1.165, 1.54) is 6.42 Å². The molecular formula is C15H25NO2. The Morgan fingerprint density at radius 2 is 2.00 bits per heavy atom. The van der Waals surface area contributed by atoms with Crippen molar-refractivity contribution in [2.24, 2.45) is 11.3 Å². The van der Waals surface area contributed by atoms with Crippen molar-refractivity contribution < 1.29 is 9.84 Å². The van der Waals surface area contributed by atoms with Crippen LogP contribution in [0.15, 0.2) is 0 Å². The van der Waals surface area contributed by atoms with Gasteiger partial charge in [0.1, 0.15) is 5.60 Å². The Hall–Kier alpha value is -0.590. The molecule has 0 aliphatic heterocycles. The van der Waals surface area contributed by atoms with Crippen molar-refractivity contribution in [2.45, 2.75) is 70.0 Å². The number of nitrogens with zero attached hydrogens (tertiary/aromatic N) is 1. The lowest BCUT2D eigenvalue weighted by Crippen LogP contribution is -2.59. The molecule has 3 nitrogen and oxygen atoms in total. The summed E-state index contributed by atoms with van der Waals surface area (Å²) in [7, 11) is 1.66. The van der Waals surface area contributed by atoms with Gasteiger partial charge in [0.15, 0.2) is 0 Å². The van der Waals surface area contributed by atoms with Crippen molar-refractivity contribution in [3.05, 3.63) is 0 Å². The second-order valence-electron chi connectivity index (χ2n) is 6.29. The van der Waals surface area contributed by atoms with Crippen LogP contribution in [-0.4, -0.2) is 23.9 Å². The molecule has 4 atom stereocenters. The summed E-state index contributed by atoms with van der Waals surface area (Å²) in [4.78, 5) is 0. The molecule has 2 rings (SSSR count). The summed E-state index contributed by atoms with van der Waals surface area (Å²) in [5.41, 5.74) is -1.53. The van der Waals surface area contributed by atoms with Crippen LogP contribution in [0.25, 0.3) is 0 Å².